The second-order valence-electron chi connectivity index (χ2n) is 6.04. The van der Waals surface area contributed by atoms with E-state index in [9.17, 15) is 8.42 Å². The highest BCUT2D eigenvalue weighted by molar-refractivity contribution is 7.89. The Morgan fingerprint density at radius 2 is 1.95 bits per heavy atom. The second kappa shape index (κ2) is 7.38. The van der Waals surface area contributed by atoms with Crippen molar-refractivity contribution in [2.24, 2.45) is 11.7 Å². The summed E-state index contributed by atoms with van der Waals surface area (Å²) >= 11 is 0. The van der Waals surface area contributed by atoms with Crippen molar-refractivity contribution in [2.75, 3.05) is 6.54 Å². The van der Waals surface area contributed by atoms with Gasteiger partial charge in [0.1, 0.15) is 0 Å². The number of nitrogens with one attached hydrogen (secondary N) is 1. The average molecular weight is 310 g/mol. The van der Waals surface area contributed by atoms with Crippen LogP contribution in [-0.4, -0.2) is 21.0 Å². The molecule has 0 saturated heterocycles. The molecule has 2 atom stereocenters. The van der Waals surface area contributed by atoms with Gasteiger partial charge in [-0.1, -0.05) is 31.9 Å². The maximum Gasteiger partial charge on any atom is 0.240 e. The van der Waals surface area contributed by atoms with Gasteiger partial charge in [0.05, 0.1) is 4.90 Å². The Labute approximate surface area is 128 Å². The Hall–Kier alpha value is -0.910. The lowest BCUT2D eigenvalue weighted by molar-refractivity contribution is 0.322. The Balaban J connectivity index is 1.94. The zero-order valence-corrected chi connectivity index (χ0v) is 13.5. The number of rotatable bonds is 6. The van der Waals surface area contributed by atoms with Crippen LogP contribution in [0.3, 0.4) is 0 Å². The molecule has 21 heavy (non-hydrogen) atoms. The third-order valence-corrected chi connectivity index (χ3v) is 5.60. The van der Waals surface area contributed by atoms with Crippen molar-refractivity contribution in [1.82, 2.24) is 4.72 Å². The van der Waals surface area contributed by atoms with Crippen LogP contribution in [0.25, 0.3) is 0 Å². The second-order valence-corrected chi connectivity index (χ2v) is 7.81. The van der Waals surface area contributed by atoms with Crippen molar-refractivity contribution >= 4 is 10.0 Å². The highest BCUT2D eigenvalue weighted by Crippen LogP contribution is 2.23. The van der Waals surface area contributed by atoms with Gasteiger partial charge in [-0.2, -0.15) is 0 Å². The summed E-state index contributed by atoms with van der Waals surface area (Å²) in [4.78, 5) is 0.350. The molecule has 0 aliphatic heterocycles. The van der Waals surface area contributed by atoms with E-state index in [-0.39, 0.29) is 6.04 Å². The van der Waals surface area contributed by atoms with E-state index in [0.29, 0.717) is 17.4 Å². The molecule has 0 amide bonds. The van der Waals surface area contributed by atoms with Gasteiger partial charge in [0.15, 0.2) is 0 Å². The van der Waals surface area contributed by atoms with Crippen LogP contribution < -0.4 is 10.5 Å². The zero-order valence-electron chi connectivity index (χ0n) is 12.7. The molecule has 0 radical (unpaired) electrons. The maximum absolute atomic E-state index is 12.3. The Morgan fingerprint density at radius 1 is 1.24 bits per heavy atom. The third kappa shape index (κ3) is 4.80. The minimum Gasteiger partial charge on any atom is -0.328 e. The summed E-state index contributed by atoms with van der Waals surface area (Å²) < 4.78 is 27.3. The van der Waals surface area contributed by atoms with Gasteiger partial charge in [-0.25, -0.2) is 13.1 Å². The predicted octanol–water partition coefficient (Wildman–Crippen LogP) is 2.43. The first-order chi connectivity index (χ1) is 10.0. The molecule has 1 aromatic rings. The van der Waals surface area contributed by atoms with Crippen LogP contribution in [0.2, 0.25) is 0 Å². The molecule has 118 valence electrons. The van der Waals surface area contributed by atoms with Crippen molar-refractivity contribution in [1.29, 1.82) is 0 Å². The molecule has 1 saturated carbocycles. The average Bonchev–Trinajstić information content (AvgIpc) is 2.46. The fraction of sp³-hybridized carbons (Fsp3) is 0.625. The fourth-order valence-corrected chi connectivity index (χ4v) is 4.07. The normalized spacial score (nSPS) is 23.1. The molecule has 3 N–H and O–H groups in total. The lowest BCUT2D eigenvalue weighted by Crippen LogP contribution is -2.35. The summed E-state index contributed by atoms with van der Waals surface area (Å²) in [6, 6.07) is 7.41. The van der Waals surface area contributed by atoms with E-state index in [1.807, 2.05) is 12.1 Å². The molecular weight excluding hydrogens is 284 g/mol. The molecule has 5 heteroatoms. The van der Waals surface area contributed by atoms with Crippen molar-refractivity contribution < 1.29 is 8.42 Å². The smallest absolute Gasteiger partial charge is 0.240 e. The molecule has 1 aliphatic carbocycles. The van der Waals surface area contributed by atoms with Crippen LogP contribution in [0.4, 0.5) is 0 Å². The summed E-state index contributed by atoms with van der Waals surface area (Å²) in [5, 5.41) is 0. The largest absolute Gasteiger partial charge is 0.328 e. The standard InChI is InChI=1S/C16H26N2O2S/c1-2-4-13-7-9-16(10-8-13)21(19,20)18-12-14-5-3-6-15(17)11-14/h7-10,14-15,18H,2-6,11-12,17H2,1H3. The van der Waals surface area contributed by atoms with Crippen molar-refractivity contribution in [3.8, 4) is 0 Å². The molecule has 2 unspecified atom stereocenters. The van der Waals surface area contributed by atoms with Crippen LogP contribution in [0.1, 0.15) is 44.6 Å². The highest BCUT2D eigenvalue weighted by atomic mass is 32.2. The van der Waals surface area contributed by atoms with E-state index >= 15 is 0 Å². The summed E-state index contributed by atoms with van der Waals surface area (Å²) in [6.45, 7) is 2.60. The van der Waals surface area contributed by atoms with E-state index < -0.39 is 10.0 Å². The van der Waals surface area contributed by atoms with Crippen molar-refractivity contribution in [3.63, 3.8) is 0 Å². The SMILES string of the molecule is CCCc1ccc(S(=O)(=O)NCC2CCCC(N)C2)cc1. The molecule has 1 aromatic carbocycles. The first kappa shape index (κ1) is 16.5. The molecule has 0 bridgehead atoms. The van der Waals surface area contributed by atoms with Crippen molar-refractivity contribution in [2.45, 2.75) is 56.4 Å². The molecule has 0 spiro atoms. The van der Waals surface area contributed by atoms with E-state index in [4.69, 9.17) is 5.73 Å². The van der Waals surface area contributed by atoms with Crippen LogP contribution in [0, 0.1) is 5.92 Å². The van der Waals surface area contributed by atoms with Crippen LogP contribution >= 0.6 is 0 Å². The van der Waals surface area contributed by atoms with Gasteiger partial charge >= 0.3 is 0 Å². The first-order valence-corrected chi connectivity index (χ1v) is 9.33. The van der Waals surface area contributed by atoms with Crippen LogP contribution in [0.5, 0.6) is 0 Å². The Morgan fingerprint density at radius 3 is 2.57 bits per heavy atom. The molecule has 1 aliphatic rings. The van der Waals surface area contributed by atoms with Gasteiger partial charge in [-0.3, -0.25) is 0 Å². The zero-order chi connectivity index (χ0) is 15.3. The van der Waals surface area contributed by atoms with Gasteiger partial charge in [0.25, 0.3) is 0 Å². The maximum atomic E-state index is 12.3. The number of hydrogen-bond donors (Lipinski definition) is 2. The minimum atomic E-state index is -3.40. The monoisotopic (exact) mass is 310 g/mol. The lowest BCUT2D eigenvalue weighted by atomic mass is 9.86. The van der Waals surface area contributed by atoms with Crippen LogP contribution in [0.15, 0.2) is 29.2 Å². The highest BCUT2D eigenvalue weighted by Gasteiger charge is 2.21. The Bertz CT molecular complexity index is 540. The van der Waals surface area contributed by atoms with Crippen LogP contribution in [-0.2, 0) is 16.4 Å². The summed E-state index contributed by atoms with van der Waals surface area (Å²) in [7, 11) is -3.40. The summed E-state index contributed by atoms with van der Waals surface area (Å²) in [6.07, 6.45) is 6.17. The summed E-state index contributed by atoms with van der Waals surface area (Å²) in [5.74, 6) is 0.364. The van der Waals surface area contributed by atoms with E-state index in [0.717, 1.165) is 38.5 Å². The molecule has 0 heterocycles. The topological polar surface area (TPSA) is 72.2 Å². The van der Waals surface area contributed by atoms with E-state index in [1.165, 1.54) is 5.56 Å². The van der Waals surface area contributed by atoms with Crippen molar-refractivity contribution in [3.05, 3.63) is 29.8 Å². The van der Waals surface area contributed by atoms with Gasteiger partial charge in [-0.15, -0.1) is 0 Å². The lowest BCUT2D eigenvalue weighted by Gasteiger charge is -2.26. The number of aryl methyl sites for hydroxylation is 1. The quantitative estimate of drug-likeness (QED) is 0.847. The van der Waals surface area contributed by atoms with Gasteiger partial charge in [-0.05, 0) is 49.3 Å². The Kier molecular flexibility index (Phi) is 5.79. The number of sulfonamides is 1. The van der Waals surface area contributed by atoms with Gasteiger partial charge < -0.3 is 5.73 Å². The molecule has 2 rings (SSSR count). The summed E-state index contributed by atoms with van der Waals surface area (Å²) in [5.41, 5.74) is 7.12. The fourth-order valence-electron chi connectivity index (χ4n) is 2.95. The van der Waals surface area contributed by atoms with Gasteiger partial charge in [0, 0.05) is 12.6 Å². The predicted molar refractivity (Wildman–Crippen MR) is 85.6 cm³/mol. The molecule has 1 fully saturated rings. The first-order valence-electron chi connectivity index (χ1n) is 7.85. The molecule has 4 nitrogen and oxygen atoms in total. The third-order valence-electron chi connectivity index (χ3n) is 4.16. The minimum absolute atomic E-state index is 0.224. The van der Waals surface area contributed by atoms with E-state index in [2.05, 4.69) is 11.6 Å². The molecular formula is C16H26N2O2S. The molecule has 0 aromatic heterocycles. The van der Waals surface area contributed by atoms with E-state index in [1.54, 1.807) is 12.1 Å². The number of hydrogen-bond acceptors (Lipinski definition) is 3. The number of nitrogens with two attached hydrogens (primary N) is 1. The number of benzene rings is 1. The van der Waals surface area contributed by atoms with Gasteiger partial charge in [0.2, 0.25) is 10.0 Å².